The summed E-state index contributed by atoms with van der Waals surface area (Å²) in [7, 11) is -3.76. The number of carbonyl (C=O) groups excluding carboxylic acids is 1. The maximum Gasteiger partial charge on any atom is 0.251 e. The van der Waals surface area contributed by atoms with E-state index in [0.29, 0.717) is 0 Å². The third-order valence-electron chi connectivity index (χ3n) is 5.26. The highest BCUT2D eigenvalue weighted by molar-refractivity contribution is 7.89. The molecule has 1 unspecified atom stereocenters. The van der Waals surface area contributed by atoms with Gasteiger partial charge in [-0.25, -0.2) is 18.1 Å². The molecule has 0 fully saturated rings. The van der Waals surface area contributed by atoms with E-state index in [-0.39, 0.29) is 29.0 Å². The average molecular weight is 461 g/mol. The summed E-state index contributed by atoms with van der Waals surface area (Å²) in [5, 5.41) is 2.93. The van der Waals surface area contributed by atoms with Crippen LogP contribution in [0.15, 0.2) is 102 Å². The van der Waals surface area contributed by atoms with Gasteiger partial charge in [-0.15, -0.1) is 0 Å². The zero-order valence-electron chi connectivity index (χ0n) is 18.0. The molecule has 0 spiro atoms. The van der Waals surface area contributed by atoms with E-state index in [1.54, 1.807) is 24.7 Å². The predicted molar refractivity (Wildman–Crippen MR) is 126 cm³/mol. The molecule has 168 valence electrons. The number of imidazole rings is 1. The lowest BCUT2D eigenvalue weighted by Gasteiger charge is -2.15. The van der Waals surface area contributed by atoms with Gasteiger partial charge in [0, 0.05) is 30.2 Å². The van der Waals surface area contributed by atoms with Crippen molar-refractivity contribution in [2.24, 2.45) is 0 Å². The highest BCUT2D eigenvalue weighted by atomic mass is 32.2. The quantitative estimate of drug-likeness (QED) is 0.418. The van der Waals surface area contributed by atoms with Gasteiger partial charge in [-0.3, -0.25) is 4.79 Å². The van der Waals surface area contributed by atoms with Gasteiger partial charge in [0.2, 0.25) is 10.0 Å². The van der Waals surface area contributed by atoms with Gasteiger partial charge in [0.15, 0.2) is 0 Å². The van der Waals surface area contributed by atoms with Crippen molar-refractivity contribution >= 4 is 15.9 Å². The van der Waals surface area contributed by atoms with Gasteiger partial charge in [-0.1, -0.05) is 48.5 Å². The molecule has 1 amide bonds. The molecule has 0 radical (unpaired) electrons. The number of rotatable bonds is 8. The summed E-state index contributed by atoms with van der Waals surface area (Å²) < 4.78 is 29.9. The number of amides is 1. The molecule has 8 heteroatoms. The van der Waals surface area contributed by atoms with E-state index in [4.69, 9.17) is 0 Å². The van der Waals surface area contributed by atoms with E-state index in [1.165, 1.54) is 12.1 Å². The molecule has 0 aliphatic rings. The Morgan fingerprint density at radius 1 is 1.00 bits per heavy atom. The lowest BCUT2D eigenvalue weighted by molar-refractivity contribution is 0.0939. The molecule has 3 aromatic carbocycles. The molecule has 7 nitrogen and oxygen atoms in total. The number of hydrogen-bond donors (Lipinski definition) is 2. The predicted octanol–water partition coefficient (Wildman–Crippen LogP) is 3.84. The van der Waals surface area contributed by atoms with E-state index in [2.05, 4.69) is 15.0 Å². The van der Waals surface area contributed by atoms with Crippen LogP contribution in [0.2, 0.25) is 0 Å². The lowest BCUT2D eigenvalue weighted by Crippen LogP contribution is -2.27. The number of carbonyl (C=O) groups is 1. The molecule has 2 N–H and O–H groups in total. The molecule has 0 bridgehead atoms. The Labute approximate surface area is 193 Å². The van der Waals surface area contributed by atoms with E-state index in [1.807, 2.05) is 72.3 Å². The Morgan fingerprint density at radius 2 is 1.76 bits per heavy atom. The molecule has 1 atom stereocenters. The first-order chi connectivity index (χ1) is 15.9. The largest absolute Gasteiger partial charge is 0.346 e. The highest BCUT2D eigenvalue weighted by Crippen LogP contribution is 2.18. The summed E-state index contributed by atoms with van der Waals surface area (Å²) in [6.45, 7) is 2.05. The second-order valence-corrected chi connectivity index (χ2v) is 9.36. The van der Waals surface area contributed by atoms with Crippen LogP contribution in [0.4, 0.5) is 0 Å². The van der Waals surface area contributed by atoms with Gasteiger partial charge < -0.3 is 9.88 Å². The fourth-order valence-electron chi connectivity index (χ4n) is 3.37. The van der Waals surface area contributed by atoms with E-state index in [0.717, 1.165) is 16.8 Å². The number of benzene rings is 3. The smallest absolute Gasteiger partial charge is 0.251 e. The van der Waals surface area contributed by atoms with Crippen molar-refractivity contribution in [1.82, 2.24) is 19.6 Å². The zero-order valence-corrected chi connectivity index (χ0v) is 18.9. The van der Waals surface area contributed by atoms with Crippen molar-refractivity contribution in [3.05, 3.63) is 114 Å². The first kappa shape index (κ1) is 22.4. The van der Waals surface area contributed by atoms with E-state index < -0.39 is 10.0 Å². The first-order valence-corrected chi connectivity index (χ1v) is 11.9. The van der Waals surface area contributed by atoms with Crippen LogP contribution in [0.25, 0.3) is 5.69 Å². The molecular formula is C25H24N4O3S. The summed E-state index contributed by atoms with van der Waals surface area (Å²) in [5.74, 6) is -0.346. The molecule has 1 aromatic heterocycles. The molecule has 0 saturated carbocycles. The third-order valence-corrected chi connectivity index (χ3v) is 6.66. The van der Waals surface area contributed by atoms with E-state index in [9.17, 15) is 13.2 Å². The first-order valence-electron chi connectivity index (χ1n) is 10.5. The van der Waals surface area contributed by atoms with Gasteiger partial charge in [0.25, 0.3) is 5.91 Å². The molecule has 0 saturated heterocycles. The topological polar surface area (TPSA) is 93.1 Å². The van der Waals surface area contributed by atoms with Crippen LogP contribution in [-0.2, 0) is 16.6 Å². The average Bonchev–Trinajstić information content (AvgIpc) is 3.39. The van der Waals surface area contributed by atoms with Crippen LogP contribution < -0.4 is 10.0 Å². The number of hydrogen-bond acceptors (Lipinski definition) is 4. The minimum atomic E-state index is -3.76. The Bertz CT molecular complexity index is 1320. The molecule has 33 heavy (non-hydrogen) atoms. The van der Waals surface area contributed by atoms with Crippen molar-refractivity contribution < 1.29 is 13.2 Å². The zero-order chi connectivity index (χ0) is 23.3. The van der Waals surface area contributed by atoms with Crippen LogP contribution in [0, 0.1) is 0 Å². The number of sulfonamides is 1. The van der Waals surface area contributed by atoms with Crippen LogP contribution in [0.5, 0.6) is 0 Å². The second kappa shape index (κ2) is 9.81. The normalized spacial score (nSPS) is 12.3. The molecular weight excluding hydrogens is 436 g/mol. The standard InChI is InChI=1S/C25H24N4O3S/c1-19(21-10-12-23(13-11-21)29-15-14-26-18-29)28-25(30)22-8-5-9-24(16-22)33(31,32)27-17-20-6-3-2-4-7-20/h2-16,18-19,27H,17H2,1H3,(H,28,30). The monoisotopic (exact) mass is 460 g/mol. The van der Waals surface area contributed by atoms with Crippen molar-refractivity contribution in [1.29, 1.82) is 0 Å². The fourth-order valence-corrected chi connectivity index (χ4v) is 4.44. The molecule has 0 aliphatic carbocycles. The molecule has 1 heterocycles. The summed E-state index contributed by atoms with van der Waals surface area (Å²) >= 11 is 0. The van der Waals surface area contributed by atoms with Crippen LogP contribution in [0.3, 0.4) is 0 Å². The van der Waals surface area contributed by atoms with Gasteiger partial charge in [0.1, 0.15) is 0 Å². The maximum absolute atomic E-state index is 12.8. The van der Waals surface area contributed by atoms with Gasteiger partial charge >= 0.3 is 0 Å². The minimum Gasteiger partial charge on any atom is -0.346 e. The van der Waals surface area contributed by atoms with Gasteiger partial charge in [-0.2, -0.15) is 0 Å². The van der Waals surface area contributed by atoms with Crippen LogP contribution >= 0.6 is 0 Å². The molecule has 4 aromatic rings. The summed E-state index contributed by atoms with van der Waals surface area (Å²) in [6.07, 6.45) is 5.29. The van der Waals surface area contributed by atoms with Crippen molar-refractivity contribution in [2.75, 3.05) is 0 Å². The molecule has 0 aliphatic heterocycles. The van der Waals surface area contributed by atoms with Crippen LogP contribution in [-0.4, -0.2) is 23.9 Å². The number of aromatic nitrogens is 2. The van der Waals surface area contributed by atoms with Gasteiger partial charge in [0.05, 0.1) is 17.3 Å². The Balaban J connectivity index is 1.42. The van der Waals surface area contributed by atoms with Crippen LogP contribution in [0.1, 0.15) is 34.5 Å². The molecule has 4 rings (SSSR count). The maximum atomic E-state index is 12.8. The highest BCUT2D eigenvalue weighted by Gasteiger charge is 2.17. The Kier molecular flexibility index (Phi) is 6.67. The Morgan fingerprint density at radius 3 is 2.45 bits per heavy atom. The number of nitrogens with one attached hydrogen (secondary N) is 2. The third kappa shape index (κ3) is 5.54. The summed E-state index contributed by atoms with van der Waals surface area (Å²) in [5.41, 5.74) is 3.03. The lowest BCUT2D eigenvalue weighted by atomic mass is 10.1. The van der Waals surface area contributed by atoms with Crippen molar-refractivity contribution in [3.8, 4) is 5.69 Å². The summed E-state index contributed by atoms with van der Waals surface area (Å²) in [4.78, 5) is 16.9. The van der Waals surface area contributed by atoms with Crippen molar-refractivity contribution in [2.45, 2.75) is 24.4 Å². The second-order valence-electron chi connectivity index (χ2n) is 7.59. The van der Waals surface area contributed by atoms with E-state index >= 15 is 0 Å². The summed E-state index contributed by atoms with van der Waals surface area (Å²) in [6, 6.07) is 22.8. The van der Waals surface area contributed by atoms with Gasteiger partial charge in [-0.05, 0) is 48.4 Å². The number of nitrogens with zero attached hydrogens (tertiary/aromatic N) is 2. The fraction of sp³-hybridized carbons (Fsp3) is 0.120. The SMILES string of the molecule is CC(NC(=O)c1cccc(S(=O)(=O)NCc2ccccc2)c1)c1ccc(-n2ccnc2)cc1. The minimum absolute atomic E-state index is 0.0448. The van der Waals surface area contributed by atoms with Crippen molar-refractivity contribution in [3.63, 3.8) is 0 Å². The Hall–Kier alpha value is -3.75.